The summed E-state index contributed by atoms with van der Waals surface area (Å²) in [4.78, 5) is 29.0. The standard InChI is InChI=1S/C17H25N3O2S2/c1-12(2)5-4-6-13(3)18-15(21)11-23-10-14-9-16(22)20-7-8-24-17(20)19-14/h7-9,12-13H,4-6,10-11H2,1-3H3,(H,18,21). The second-order valence-corrected chi connectivity index (χ2v) is 8.29. The van der Waals surface area contributed by atoms with Crippen molar-refractivity contribution in [3.63, 3.8) is 0 Å². The van der Waals surface area contributed by atoms with Gasteiger partial charge in [-0.2, -0.15) is 0 Å². The monoisotopic (exact) mass is 367 g/mol. The van der Waals surface area contributed by atoms with Gasteiger partial charge >= 0.3 is 0 Å². The predicted octanol–water partition coefficient (Wildman–Crippen LogP) is 3.32. The van der Waals surface area contributed by atoms with E-state index in [1.165, 1.54) is 33.9 Å². The average Bonchev–Trinajstić information content (AvgIpc) is 2.95. The van der Waals surface area contributed by atoms with Gasteiger partial charge in [-0.25, -0.2) is 4.98 Å². The van der Waals surface area contributed by atoms with Crippen LogP contribution in [-0.4, -0.2) is 27.1 Å². The second-order valence-electron chi connectivity index (χ2n) is 6.43. The predicted molar refractivity (Wildman–Crippen MR) is 102 cm³/mol. The van der Waals surface area contributed by atoms with Crippen molar-refractivity contribution in [3.05, 3.63) is 33.7 Å². The zero-order valence-corrected chi connectivity index (χ0v) is 16.1. The lowest BCUT2D eigenvalue weighted by Crippen LogP contribution is -2.33. The van der Waals surface area contributed by atoms with Crippen molar-refractivity contribution in [2.75, 3.05) is 5.75 Å². The van der Waals surface area contributed by atoms with Gasteiger partial charge in [-0.15, -0.1) is 23.1 Å². The molecule has 24 heavy (non-hydrogen) atoms. The maximum atomic E-state index is 12.0. The van der Waals surface area contributed by atoms with E-state index in [2.05, 4.69) is 31.1 Å². The van der Waals surface area contributed by atoms with Crippen LogP contribution >= 0.6 is 23.1 Å². The van der Waals surface area contributed by atoms with Gasteiger partial charge in [0.05, 0.1) is 11.4 Å². The molecule has 0 saturated carbocycles. The van der Waals surface area contributed by atoms with Crippen molar-refractivity contribution in [1.82, 2.24) is 14.7 Å². The molecule has 0 radical (unpaired) electrons. The van der Waals surface area contributed by atoms with Crippen molar-refractivity contribution in [2.24, 2.45) is 5.92 Å². The summed E-state index contributed by atoms with van der Waals surface area (Å²) < 4.78 is 1.53. The van der Waals surface area contributed by atoms with Crippen LogP contribution in [0.5, 0.6) is 0 Å². The zero-order chi connectivity index (χ0) is 17.5. The van der Waals surface area contributed by atoms with E-state index in [1.54, 1.807) is 12.3 Å². The highest BCUT2D eigenvalue weighted by atomic mass is 32.2. The molecule has 5 nitrogen and oxygen atoms in total. The van der Waals surface area contributed by atoms with Gasteiger partial charge in [0.15, 0.2) is 4.96 Å². The van der Waals surface area contributed by atoms with Crippen LogP contribution in [0.4, 0.5) is 0 Å². The fourth-order valence-corrected chi connectivity index (χ4v) is 3.90. The zero-order valence-electron chi connectivity index (χ0n) is 14.4. The summed E-state index contributed by atoms with van der Waals surface area (Å²) in [6.45, 7) is 6.48. The minimum atomic E-state index is -0.0694. The molecule has 1 amide bonds. The lowest BCUT2D eigenvalue weighted by molar-refractivity contribution is -0.119. The Kier molecular flexibility index (Phi) is 7.30. The molecular formula is C17H25N3O2S2. The molecule has 0 saturated heterocycles. The van der Waals surface area contributed by atoms with Crippen LogP contribution in [0, 0.1) is 5.92 Å². The van der Waals surface area contributed by atoms with Gasteiger partial charge in [-0.3, -0.25) is 14.0 Å². The lowest BCUT2D eigenvalue weighted by Gasteiger charge is -2.14. The Hall–Kier alpha value is -1.34. The number of carbonyl (C=O) groups is 1. The van der Waals surface area contributed by atoms with E-state index in [9.17, 15) is 9.59 Å². The van der Waals surface area contributed by atoms with Crippen LogP contribution in [-0.2, 0) is 10.5 Å². The number of thiazole rings is 1. The van der Waals surface area contributed by atoms with Crippen LogP contribution in [0.15, 0.2) is 22.4 Å². The van der Waals surface area contributed by atoms with Crippen molar-refractivity contribution >= 4 is 34.0 Å². The van der Waals surface area contributed by atoms with Gasteiger partial charge in [0, 0.05) is 29.4 Å². The molecule has 0 spiro atoms. The van der Waals surface area contributed by atoms with Gasteiger partial charge in [0.1, 0.15) is 0 Å². The summed E-state index contributed by atoms with van der Waals surface area (Å²) in [5.41, 5.74) is 0.658. The number of carbonyl (C=O) groups excluding carboxylic acids is 1. The highest BCUT2D eigenvalue weighted by Crippen LogP contribution is 2.13. The van der Waals surface area contributed by atoms with Crippen molar-refractivity contribution in [2.45, 2.75) is 51.8 Å². The molecule has 1 N–H and O–H groups in total. The minimum absolute atomic E-state index is 0.0472. The third-order valence-electron chi connectivity index (χ3n) is 3.67. The number of thioether (sulfide) groups is 1. The lowest BCUT2D eigenvalue weighted by atomic mass is 10.0. The second kappa shape index (κ2) is 9.22. The summed E-state index contributed by atoms with van der Waals surface area (Å²) in [6, 6.07) is 1.75. The minimum Gasteiger partial charge on any atom is -0.353 e. The van der Waals surface area contributed by atoms with E-state index in [0.717, 1.165) is 18.5 Å². The number of rotatable bonds is 9. The Balaban J connectivity index is 1.72. The SMILES string of the molecule is CC(C)CCCC(C)NC(=O)CSCc1cc(=O)n2ccsc2n1. The largest absolute Gasteiger partial charge is 0.353 e. The van der Waals surface area contributed by atoms with Gasteiger partial charge in [-0.05, 0) is 19.3 Å². The molecule has 2 aromatic rings. The number of fused-ring (bicyclic) bond motifs is 1. The Morgan fingerprint density at radius 2 is 2.17 bits per heavy atom. The number of amides is 1. The molecule has 0 aromatic carbocycles. The van der Waals surface area contributed by atoms with Gasteiger partial charge in [0.25, 0.3) is 5.56 Å². The highest BCUT2D eigenvalue weighted by Gasteiger charge is 2.09. The van der Waals surface area contributed by atoms with E-state index in [0.29, 0.717) is 22.4 Å². The van der Waals surface area contributed by atoms with E-state index in [4.69, 9.17) is 0 Å². The molecule has 0 fully saturated rings. The normalized spacial score (nSPS) is 12.7. The van der Waals surface area contributed by atoms with Crippen LogP contribution in [0.1, 0.15) is 45.7 Å². The summed E-state index contributed by atoms with van der Waals surface area (Å²) in [7, 11) is 0. The van der Waals surface area contributed by atoms with Crippen molar-refractivity contribution in [3.8, 4) is 0 Å². The van der Waals surface area contributed by atoms with Crippen molar-refractivity contribution < 1.29 is 4.79 Å². The fraction of sp³-hybridized carbons (Fsp3) is 0.588. The number of hydrogen-bond acceptors (Lipinski definition) is 5. The van der Waals surface area contributed by atoms with E-state index in [1.807, 2.05) is 5.38 Å². The summed E-state index contributed by atoms with van der Waals surface area (Å²) in [5.74, 6) is 1.71. The van der Waals surface area contributed by atoms with E-state index in [-0.39, 0.29) is 17.5 Å². The first-order valence-electron chi connectivity index (χ1n) is 8.28. The van der Waals surface area contributed by atoms with Gasteiger partial charge in [-0.1, -0.05) is 26.7 Å². The third kappa shape index (κ3) is 5.94. The third-order valence-corrected chi connectivity index (χ3v) is 5.39. The summed E-state index contributed by atoms with van der Waals surface area (Å²) in [5, 5.41) is 4.87. The van der Waals surface area contributed by atoms with Crippen LogP contribution in [0.25, 0.3) is 4.96 Å². The number of aromatic nitrogens is 2. The Bertz CT molecular complexity index is 724. The smallest absolute Gasteiger partial charge is 0.258 e. The topological polar surface area (TPSA) is 63.5 Å². The number of nitrogens with one attached hydrogen (secondary N) is 1. The number of hydrogen-bond donors (Lipinski definition) is 1. The first-order chi connectivity index (χ1) is 11.5. The van der Waals surface area contributed by atoms with Crippen molar-refractivity contribution in [1.29, 1.82) is 0 Å². The highest BCUT2D eigenvalue weighted by molar-refractivity contribution is 7.99. The molecule has 1 unspecified atom stereocenters. The molecule has 2 aromatic heterocycles. The van der Waals surface area contributed by atoms with Crippen LogP contribution < -0.4 is 10.9 Å². The molecule has 0 bridgehead atoms. The molecule has 2 rings (SSSR count). The Morgan fingerprint density at radius 3 is 2.92 bits per heavy atom. The quantitative estimate of drug-likeness (QED) is 0.738. The molecule has 132 valence electrons. The Labute approximate surface area is 150 Å². The average molecular weight is 368 g/mol. The fourth-order valence-electron chi connectivity index (χ4n) is 2.43. The van der Waals surface area contributed by atoms with Gasteiger partial charge < -0.3 is 5.32 Å². The summed E-state index contributed by atoms with van der Waals surface area (Å²) in [6.07, 6.45) is 5.07. The first kappa shape index (κ1) is 19.0. The molecule has 7 heteroatoms. The number of nitrogens with zero attached hydrogens (tertiary/aromatic N) is 2. The van der Waals surface area contributed by atoms with E-state index >= 15 is 0 Å². The molecule has 0 aliphatic rings. The maximum Gasteiger partial charge on any atom is 0.258 e. The van der Waals surface area contributed by atoms with Gasteiger partial charge in [0.2, 0.25) is 5.91 Å². The van der Waals surface area contributed by atoms with Crippen LogP contribution in [0.2, 0.25) is 0 Å². The van der Waals surface area contributed by atoms with E-state index < -0.39 is 0 Å². The molecule has 2 heterocycles. The molecule has 0 aliphatic carbocycles. The first-order valence-corrected chi connectivity index (χ1v) is 10.3. The molecule has 0 aliphatic heterocycles. The summed E-state index contributed by atoms with van der Waals surface area (Å²) >= 11 is 2.92. The Morgan fingerprint density at radius 1 is 1.38 bits per heavy atom. The van der Waals surface area contributed by atoms with Crippen LogP contribution in [0.3, 0.4) is 0 Å². The maximum absolute atomic E-state index is 12.0. The molecular weight excluding hydrogens is 342 g/mol. The molecule has 1 atom stereocenters.